The number of hydrogen-bond donors (Lipinski definition) is 2. The van der Waals surface area contributed by atoms with Crippen LogP contribution in [-0.2, 0) is 19.5 Å². The molecule has 2 heterocycles. The Bertz CT molecular complexity index is 1000. The first-order valence-electron chi connectivity index (χ1n) is 8.27. The maximum absolute atomic E-state index is 13.4. The lowest BCUT2D eigenvalue weighted by Gasteiger charge is -2.26. The molecule has 0 radical (unpaired) electrons. The molecule has 0 aliphatic carbocycles. The third-order valence-electron chi connectivity index (χ3n) is 4.55. The Hall–Kier alpha value is -2.64. The Kier molecular flexibility index (Phi) is 4.49. The number of rotatable bonds is 3. The van der Waals surface area contributed by atoms with Gasteiger partial charge in [0.05, 0.1) is 16.3 Å². The zero-order valence-electron chi connectivity index (χ0n) is 14.0. The Balaban J connectivity index is 1.63. The lowest BCUT2D eigenvalue weighted by atomic mass is 10.0. The molecule has 4 rings (SSSR count). The fourth-order valence-electron chi connectivity index (χ4n) is 3.31. The summed E-state index contributed by atoms with van der Waals surface area (Å²) in [6, 6.07) is 6.00. The quantitative estimate of drug-likeness (QED) is 0.697. The predicted octanol–water partition coefficient (Wildman–Crippen LogP) is 4.24. The van der Waals surface area contributed by atoms with E-state index in [1.807, 2.05) is 4.90 Å². The van der Waals surface area contributed by atoms with E-state index < -0.39 is 11.6 Å². The summed E-state index contributed by atoms with van der Waals surface area (Å²) >= 11 is 5.95. The van der Waals surface area contributed by atoms with Crippen molar-refractivity contribution in [1.82, 2.24) is 10.1 Å². The highest BCUT2D eigenvalue weighted by atomic mass is 35.5. The first kappa shape index (κ1) is 17.8. The summed E-state index contributed by atoms with van der Waals surface area (Å²) in [6.07, 6.45) is 0.600. The largest absolute Gasteiger partial charge is 0.507 e. The van der Waals surface area contributed by atoms with Crippen molar-refractivity contribution in [3.63, 3.8) is 0 Å². The molecule has 140 valence electrons. The van der Waals surface area contributed by atoms with Crippen molar-refractivity contribution >= 4 is 11.6 Å². The zero-order chi connectivity index (χ0) is 19.1. The van der Waals surface area contributed by atoms with Crippen LogP contribution >= 0.6 is 11.6 Å². The van der Waals surface area contributed by atoms with Gasteiger partial charge in [-0.05, 0) is 23.8 Å². The van der Waals surface area contributed by atoms with Gasteiger partial charge in [0.1, 0.15) is 23.1 Å². The minimum absolute atomic E-state index is 0.0795. The lowest BCUT2D eigenvalue weighted by Crippen LogP contribution is -2.30. The maximum Gasteiger partial charge on any atom is 0.175 e. The van der Waals surface area contributed by atoms with Gasteiger partial charge in [0, 0.05) is 43.8 Å². The Morgan fingerprint density at radius 1 is 1.07 bits per heavy atom. The number of halogens is 3. The summed E-state index contributed by atoms with van der Waals surface area (Å²) in [5.74, 6) is -1.28. The van der Waals surface area contributed by atoms with Gasteiger partial charge in [-0.3, -0.25) is 4.90 Å². The Morgan fingerprint density at radius 3 is 2.56 bits per heavy atom. The molecule has 0 spiro atoms. The highest BCUT2D eigenvalue weighted by Gasteiger charge is 2.27. The summed E-state index contributed by atoms with van der Waals surface area (Å²) in [5.41, 5.74) is 2.39. The van der Waals surface area contributed by atoms with Gasteiger partial charge in [-0.15, -0.1) is 0 Å². The molecule has 1 aromatic heterocycles. The van der Waals surface area contributed by atoms with Gasteiger partial charge >= 0.3 is 0 Å². The van der Waals surface area contributed by atoms with Crippen LogP contribution in [0.3, 0.4) is 0 Å². The second-order valence-corrected chi connectivity index (χ2v) is 6.90. The fraction of sp³-hybridized carbons (Fsp3) is 0.211. The van der Waals surface area contributed by atoms with Crippen LogP contribution in [0.2, 0.25) is 5.02 Å². The maximum atomic E-state index is 13.4. The third-order valence-corrected chi connectivity index (χ3v) is 4.86. The van der Waals surface area contributed by atoms with Crippen molar-refractivity contribution in [1.29, 1.82) is 0 Å². The number of hydrogen-bond acceptors (Lipinski definition) is 5. The van der Waals surface area contributed by atoms with Crippen molar-refractivity contribution in [2.24, 2.45) is 0 Å². The molecule has 0 saturated carbocycles. The second kappa shape index (κ2) is 6.83. The molecule has 27 heavy (non-hydrogen) atoms. The van der Waals surface area contributed by atoms with Gasteiger partial charge in [-0.2, -0.15) is 0 Å². The summed E-state index contributed by atoms with van der Waals surface area (Å²) < 4.78 is 32.3. The standard InChI is InChI=1S/C19H15ClF2N2O3/c20-15-6-13(17(25)7-18(15)26)19-14-9-24(2-1-16(14)23-27-19)8-10-3-11(21)5-12(22)4-10/h3-7,25-26H,1-2,8-9H2. The van der Waals surface area contributed by atoms with Crippen LogP contribution in [-0.4, -0.2) is 26.8 Å². The highest BCUT2D eigenvalue weighted by molar-refractivity contribution is 6.32. The number of phenolic OH excluding ortho intramolecular Hbond substituents is 2. The number of fused-ring (bicyclic) bond motifs is 1. The lowest BCUT2D eigenvalue weighted by molar-refractivity contribution is 0.244. The van der Waals surface area contributed by atoms with E-state index in [-0.39, 0.29) is 16.5 Å². The molecular weight excluding hydrogens is 378 g/mol. The Labute approximate surface area is 158 Å². The molecule has 8 heteroatoms. The van der Waals surface area contributed by atoms with Gasteiger partial charge in [0.2, 0.25) is 0 Å². The second-order valence-electron chi connectivity index (χ2n) is 6.50. The molecule has 5 nitrogen and oxygen atoms in total. The SMILES string of the molecule is Oc1cc(O)c(-c2onc3c2CN(Cc2cc(F)cc(F)c2)CC3)cc1Cl. The van der Waals surface area contributed by atoms with Gasteiger partial charge in [-0.1, -0.05) is 16.8 Å². The first-order chi connectivity index (χ1) is 12.9. The van der Waals surface area contributed by atoms with E-state index in [1.54, 1.807) is 0 Å². The molecule has 1 aliphatic heterocycles. The molecule has 2 aromatic carbocycles. The van der Waals surface area contributed by atoms with Crippen LogP contribution in [0, 0.1) is 11.6 Å². The third kappa shape index (κ3) is 3.48. The first-order valence-corrected chi connectivity index (χ1v) is 8.65. The van der Waals surface area contributed by atoms with Gasteiger partial charge < -0.3 is 14.7 Å². The van der Waals surface area contributed by atoms with Gasteiger partial charge in [-0.25, -0.2) is 8.78 Å². The number of benzene rings is 2. The van der Waals surface area contributed by atoms with Crippen molar-refractivity contribution in [3.05, 3.63) is 63.8 Å². The van der Waals surface area contributed by atoms with Crippen LogP contribution < -0.4 is 0 Å². The van der Waals surface area contributed by atoms with E-state index in [9.17, 15) is 19.0 Å². The van der Waals surface area contributed by atoms with E-state index >= 15 is 0 Å². The van der Waals surface area contributed by atoms with Crippen LogP contribution in [0.1, 0.15) is 16.8 Å². The molecule has 2 N–H and O–H groups in total. The average Bonchev–Trinajstić information content (AvgIpc) is 3.00. The normalized spacial score (nSPS) is 14.3. The molecule has 0 saturated heterocycles. The molecule has 3 aromatic rings. The van der Waals surface area contributed by atoms with Crippen LogP contribution in [0.4, 0.5) is 8.78 Å². The summed E-state index contributed by atoms with van der Waals surface area (Å²) in [6.45, 7) is 1.45. The molecule has 0 unspecified atom stereocenters. The number of phenols is 2. The zero-order valence-corrected chi connectivity index (χ0v) is 14.8. The van der Waals surface area contributed by atoms with Crippen molar-refractivity contribution < 1.29 is 23.5 Å². The number of aromatic nitrogens is 1. The molecule has 0 bridgehead atoms. The summed E-state index contributed by atoms with van der Waals surface area (Å²) in [7, 11) is 0. The monoisotopic (exact) mass is 392 g/mol. The van der Waals surface area contributed by atoms with E-state index in [4.69, 9.17) is 16.1 Å². The fourth-order valence-corrected chi connectivity index (χ4v) is 3.47. The average molecular weight is 393 g/mol. The number of aromatic hydroxyl groups is 2. The van der Waals surface area contributed by atoms with Crippen molar-refractivity contribution in [2.75, 3.05) is 6.54 Å². The molecule has 0 atom stereocenters. The highest BCUT2D eigenvalue weighted by Crippen LogP contribution is 2.40. The summed E-state index contributed by atoms with van der Waals surface area (Å²) in [4.78, 5) is 2.01. The molecule has 1 aliphatic rings. The molecule has 0 amide bonds. The molecular formula is C19H15ClF2N2O3. The van der Waals surface area contributed by atoms with E-state index in [2.05, 4.69) is 5.16 Å². The van der Waals surface area contributed by atoms with Crippen molar-refractivity contribution in [3.8, 4) is 22.8 Å². The van der Waals surface area contributed by atoms with Crippen LogP contribution in [0.15, 0.2) is 34.9 Å². The van der Waals surface area contributed by atoms with Gasteiger partial charge in [0.25, 0.3) is 0 Å². The minimum atomic E-state index is -0.614. The predicted molar refractivity (Wildman–Crippen MR) is 94.5 cm³/mol. The van der Waals surface area contributed by atoms with Crippen LogP contribution in [0.25, 0.3) is 11.3 Å². The van der Waals surface area contributed by atoms with E-state index in [0.29, 0.717) is 42.9 Å². The topological polar surface area (TPSA) is 69.7 Å². The minimum Gasteiger partial charge on any atom is -0.507 e. The van der Waals surface area contributed by atoms with Crippen LogP contribution in [0.5, 0.6) is 11.5 Å². The van der Waals surface area contributed by atoms with Gasteiger partial charge in [0.15, 0.2) is 5.76 Å². The molecule has 0 fully saturated rings. The summed E-state index contributed by atoms with van der Waals surface area (Å²) in [5, 5.41) is 23.9. The smallest absolute Gasteiger partial charge is 0.175 e. The van der Waals surface area contributed by atoms with E-state index in [0.717, 1.165) is 23.4 Å². The van der Waals surface area contributed by atoms with E-state index in [1.165, 1.54) is 18.2 Å². The van der Waals surface area contributed by atoms with Crippen molar-refractivity contribution in [2.45, 2.75) is 19.5 Å². The Morgan fingerprint density at radius 2 is 1.81 bits per heavy atom. The number of nitrogens with zero attached hydrogens (tertiary/aromatic N) is 2.